The van der Waals surface area contributed by atoms with Crippen LogP contribution in [0.25, 0.3) is 11.1 Å². The summed E-state index contributed by atoms with van der Waals surface area (Å²) in [5.74, 6) is 0.606. The van der Waals surface area contributed by atoms with Gasteiger partial charge in [0.1, 0.15) is 11.6 Å². The molecule has 0 bridgehead atoms. The van der Waals surface area contributed by atoms with E-state index in [-0.39, 0.29) is 5.82 Å². The van der Waals surface area contributed by atoms with E-state index in [0.717, 1.165) is 33.6 Å². The molecule has 20 heavy (non-hydrogen) atoms. The van der Waals surface area contributed by atoms with Gasteiger partial charge >= 0.3 is 0 Å². The molecule has 2 nitrogen and oxygen atoms in total. The van der Waals surface area contributed by atoms with Crippen LogP contribution < -0.4 is 10.1 Å². The summed E-state index contributed by atoms with van der Waals surface area (Å²) >= 11 is 0. The molecular weight excluding hydrogens is 253 g/mol. The van der Waals surface area contributed by atoms with Gasteiger partial charge in [-0.05, 0) is 61.3 Å². The highest BCUT2D eigenvalue weighted by molar-refractivity contribution is 5.77. The van der Waals surface area contributed by atoms with Crippen LogP contribution in [0.2, 0.25) is 0 Å². The Hall–Kier alpha value is -1.87. The van der Waals surface area contributed by atoms with Crippen LogP contribution in [-0.2, 0) is 6.54 Å². The van der Waals surface area contributed by atoms with Crippen molar-refractivity contribution >= 4 is 0 Å². The third-order valence-electron chi connectivity index (χ3n) is 3.37. The molecule has 3 heteroatoms. The van der Waals surface area contributed by atoms with Crippen LogP contribution in [0.3, 0.4) is 0 Å². The molecule has 0 aliphatic carbocycles. The van der Waals surface area contributed by atoms with Crippen molar-refractivity contribution in [2.45, 2.75) is 20.4 Å². The van der Waals surface area contributed by atoms with E-state index in [1.807, 2.05) is 26.1 Å². The second-order valence-electron chi connectivity index (χ2n) is 4.99. The van der Waals surface area contributed by atoms with Crippen LogP contribution in [0.5, 0.6) is 5.75 Å². The fourth-order valence-electron chi connectivity index (χ4n) is 2.58. The largest absolute Gasteiger partial charge is 0.496 e. The maximum atomic E-state index is 13.5. The third-order valence-corrected chi connectivity index (χ3v) is 3.37. The Kier molecular flexibility index (Phi) is 4.40. The lowest BCUT2D eigenvalue weighted by Gasteiger charge is -2.16. The van der Waals surface area contributed by atoms with Gasteiger partial charge in [-0.2, -0.15) is 0 Å². The van der Waals surface area contributed by atoms with E-state index in [0.29, 0.717) is 6.54 Å². The fraction of sp³-hybridized carbons (Fsp3) is 0.294. The molecule has 0 aliphatic rings. The number of ether oxygens (including phenoxy) is 1. The van der Waals surface area contributed by atoms with E-state index >= 15 is 0 Å². The van der Waals surface area contributed by atoms with Crippen LogP contribution in [-0.4, -0.2) is 14.2 Å². The van der Waals surface area contributed by atoms with E-state index < -0.39 is 0 Å². The molecule has 0 saturated carbocycles. The summed E-state index contributed by atoms with van der Waals surface area (Å²) in [7, 11) is 3.52. The molecule has 0 spiro atoms. The molecule has 1 N–H and O–H groups in total. The third kappa shape index (κ3) is 2.83. The van der Waals surface area contributed by atoms with E-state index in [1.54, 1.807) is 13.2 Å². The Morgan fingerprint density at radius 1 is 1.15 bits per heavy atom. The van der Waals surface area contributed by atoms with Gasteiger partial charge in [0.25, 0.3) is 0 Å². The van der Waals surface area contributed by atoms with E-state index in [4.69, 9.17) is 4.74 Å². The minimum Gasteiger partial charge on any atom is -0.496 e. The van der Waals surface area contributed by atoms with Crippen LogP contribution in [0.1, 0.15) is 16.7 Å². The number of hydrogen-bond acceptors (Lipinski definition) is 2. The normalized spacial score (nSPS) is 10.7. The van der Waals surface area contributed by atoms with Crippen molar-refractivity contribution < 1.29 is 9.13 Å². The van der Waals surface area contributed by atoms with Gasteiger partial charge in [0, 0.05) is 12.1 Å². The number of benzene rings is 2. The Morgan fingerprint density at radius 3 is 2.55 bits per heavy atom. The quantitative estimate of drug-likeness (QED) is 0.914. The van der Waals surface area contributed by atoms with Crippen molar-refractivity contribution in [2.75, 3.05) is 14.2 Å². The monoisotopic (exact) mass is 273 g/mol. The standard InChI is InChI=1S/C17H20FNO/c1-11-7-12(2)17(16(8-11)20-4)15-6-5-14(18)9-13(15)10-19-3/h5-9,19H,10H2,1-4H3. The first-order valence-corrected chi connectivity index (χ1v) is 6.65. The molecule has 0 radical (unpaired) electrons. The summed E-state index contributed by atoms with van der Waals surface area (Å²) in [5, 5.41) is 3.08. The summed E-state index contributed by atoms with van der Waals surface area (Å²) in [6.45, 7) is 4.71. The lowest BCUT2D eigenvalue weighted by atomic mass is 9.93. The Bertz CT molecular complexity index is 623. The highest BCUT2D eigenvalue weighted by Gasteiger charge is 2.14. The highest BCUT2D eigenvalue weighted by Crippen LogP contribution is 2.36. The Morgan fingerprint density at radius 2 is 1.90 bits per heavy atom. The molecule has 0 heterocycles. The number of aryl methyl sites for hydroxylation is 2. The van der Waals surface area contributed by atoms with E-state index in [9.17, 15) is 4.39 Å². The van der Waals surface area contributed by atoms with Gasteiger partial charge in [0.2, 0.25) is 0 Å². The minimum atomic E-state index is -0.220. The topological polar surface area (TPSA) is 21.3 Å². The molecule has 0 saturated heterocycles. The first kappa shape index (κ1) is 14.5. The van der Waals surface area contributed by atoms with Crippen molar-refractivity contribution in [1.29, 1.82) is 0 Å². The number of methoxy groups -OCH3 is 1. The molecule has 0 aromatic heterocycles. The first-order valence-electron chi connectivity index (χ1n) is 6.65. The maximum Gasteiger partial charge on any atom is 0.127 e. The van der Waals surface area contributed by atoms with Gasteiger partial charge in [-0.15, -0.1) is 0 Å². The molecule has 0 atom stereocenters. The summed E-state index contributed by atoms with van der Waals surface area (Å²) in [6.07, 6.45) is 0. The van der Waals surface area contributed by atoms with E-state index in [2.05, 4.69) is 18.3 Å². The SMILES string of the molecule is CNCc1cc(F)ccc1-c1c(C)cc(C)cc1OC. The molecule has 2 aromatic carbocycles. The van der Waals surface area contributed by atoms with E-state index in [1.165, 1.54) is 6.07 Å². The van der Waals surface area contributed by atoms with Crippen LogP contribution in [0, 0.1) is 19.7 Å². The summed E-state index contributed by atoms with van der Waals surface area (Å²) < 4.78 is 19.0. The molecule has 0 amide bonds. The predicted molar refractivity (Wildman–Crippen MR) is 80.6 cm³/mol. The first-order chi connectivity index (χ1) is 9.56. The lowest BCUT2D eigenvalue weighted by Crippen LogP contribution is -2.07. The number of nitrogens with one attached hydrogen (secondary N) is 1. The van der Waals surface area contributed by atoms with Crippen LogP contribution in [0.4, 0.5) is 4.39 Å². The summed E-state index contributed by atoms with van der Waals surface area (Å²) in [6, 6.07) is 9.01. The number of hydrogen-bond donors (Lipinski definition) is 1. The van der Waals surface area contributed by atoms with Crippen molar-refractivity contribution in [1.82, 2.24) is 5.32 Å². The minimum absolute atomic E-state index is 0.220. The highest BCUT2D eigenvalue weighted by atomic mass is 19.1. The second-order valence-corrected chi connectivity index (χ2v) is 4.99. The van der Waals surface area contributed by atoms with Gasteiger partial charge in [0.15, 0.2) is 0 Å². The smallest absolute Gasteiger partial charge is 0.127 e. The molecular formula is C17H20FNO. The maximum absolute atomic E-state index is 13.5. The van der Waals surface area contributed by atoms with Gasteiger partial charge in [-0.25, -0.2) is 4.39 Å². The van der Waals surface area contributed by atoms with Crippen molar-refractivity contribution in [2.24, 2.45) is 0 Å². The van der Waals surface area contributed by atoms with Crippen molar-refractivity contribution in [3.63, 3.8) is 0 Å². The van der Waals surface area contributed by atoms with Crippen molar-refractivity contribution in [3.05, 3.63) is 52.8 Å². The van der Waals surface area contributed by atoms with Gasteiger partial charge in [-0.1, -0.05) is 12.1 Å². The molecule has 2 aromatic rings. The predicted octanol–water partition coefficient (Wildman–Crippen LogP) is 3.84. The van der Waals surface area contributed by atoms with Crippen molar-refractivity contribution in [3.8, 4) is 16.9 Å². The Balaban J connectivity index is 2.67. The zero-order valence-corrected chi connectivity index (χ0v) is 12.4. The molecule has 2 rings (SSSR count). The fourth-order valence-corrected chi connectivity index (χ4v) is 2.58. The molecule has 0 aliphatic heterocycles. The lowest BCUT2D eigenvalue weighted by molar-refractivity contribution is 0.416. The average molecular weight is 273 g/mol. The average Bonchev–Trinajstić information content (AvgIpc) is 2.39. The second kappa shape index (κ2) is 6.06. The number of rotatable bonds is 4. The van der Waals surface area contributed by atoms with Crippen LogP contribution >= 0.6 is 0 Å². The zero-order chi connectivity index (χ0) is 14.7. The molecule has 0 unspecified atom stereocenters. The Labute approximate surface area is 119 Å². The zero-order valence-electron chi connectivity index (χ0n) is 12.4. The van der Waals surface area contributed by atoms with Gasteiger partial charge in [-0.3, -0.25) is 0 Å². The van der Waals surface area contributed by atoms with Gasteiger partial charge < -0.3 is 10.1 Å². The summed E-state index contributed by atoms with van der Waals surface area (Å²) in [4.78, 5) is 0. The molecule has 0 fully saturated rings. The molecule has 106 valence electrons. The van der Waals surface area contributed by atoms with Gasteiger partial charge in [0.05, 0.1) is 7.11 Å². The van der Waals surface area contributed by atoms with Crippen LogP contribution in [0.15, 0.2) is 30.3 Å². The number of halogens is 1. The summed E-state index contributed by atoms with van der Waals surface area (Å²) in [5.41, 5.74) is 5.25.